The Hall–Kier alpha value is -3.41. The Morgan fingerprint density at radius 3 is 2.68 bits per heavy atom. The largest absolute Gasteiger partial charge is 0.323 e. The van der Waals surface area contributed by atoms with Gasteiger partial charge in [0.25, 0.3) is 0 Å². The lowest BCUT2D eigenvalue weighted by Gasteiger charge is -2.29. The molecule has 6 heteroatoms. The summed E-state index contributed by atoms with van der Waals surface area (Å²) >= 11 is 0. The molecule has 1 aliphatic heterocycles. The van der Waals surface area contributed by atoms with E-state index in [4.69, 9.17) is 0 Å². The van der Waals surface area contributed by atoms with Crippen LogP contribution in [0, 0.1) is 0 Å². The van der Waals surface area contributed by atoms with Gasteiger partial charge in [-0.1, -0.05) is 30.3 Å². The summed E-state index contributed by atoms with van der Waals surface area (Å²) in [5.41, 5.74) is 3.12. The van der Waals surface area contributed by atoms with Crippen LogP contribution in [0.25, 0.3) is 5.69 Å². The van der Waals surface area contributed by atoms with Crippen molar-refractivity contribution in [2.75, 3.05) is 16.8 Å². The fourth-order valence-corrected chi connectivity index (χ4v) is 2.90. The van der Waals surface area contributed by atoms with Gasteiger partial charge < -0.3 is 10.2 Å². The third kappa shape index (κ3) is 3.01. The average Bonchev–Trinajstić information content (AvgIpc) is 3.10. The van der Waals surface area contributed by atoms with E-state index < -0.39 is 0 Å². The van der Waals surface area contributed by atoms with E-state index in [-0.39, 0.29) is 24.8 Å². The molecule has 6 nitrogen and oxygen atoms in total. The lowest BCUT2D eigenvalue weighted by molar-refractivity contribution is -0.121. The summed E-state index contributed by atoms with van der Waals surface area (Å²) in [5, 5.41) is 7.10. The van der Waals surface area contributed by atoms with Crippen molar-refractivity contribution in [3.8, 4) is 5.69 Å². The number of rotatable bonds is 3. The Morgan fingerprint density at radius 1 is 1.08 bits per heavy atom. The van der Waals surface area contributed by atoms with Crippen LogP contribution in [0.3, 0.4) is 0 Å². The Balaban J connectivity index is 1.55. The van der Waals surface area contributed by atoms with E-state index in [2.05, 4.69) is 10.4 Å². The first-order chi connectivity index (χ1) is 12.2. The second-order valence-electron chi connectivity index (χ2n) is 5.85. The van der Waals surface area contributed by atoms with Crippen LogP contribution in [0.5, 0.6) is 0 Å². The molecule has 0 radical (unpaired) electrons. The van der Waals surface area contributed by atoms with Gasteiger partial charge in [0.15, 0.2) is 0 Å². The van der Waals surface area contributed by atoms with Gasteiger partial charge in [0.2, 0.25) is 11.8 Å². The lowest BCUT2D eigenvalue weighted by atomic mass is 10.1. The van der Waals surface area contributed by atoms with E-state index in [0.29, 0.717) is 5.69 Å². The van der Waals surface area contributed by atoms with Gasteiger partial charge in [-0.3, -0.25) is 9.59 Å². The highest BCUT2D eigenvalue weighted by Gasteiger charge is 2.26. The molecule has 0 atom stereocenters. The third-order valence-electron chi connectivity index (χ3n) is 4.08. The first-order valence-corrected chi connectivity index (χ1v) is 7.99. The smallest absolute Gasteiger partial charge is 0.244 e. The van der Waals surface area contributed by atoms with Gasteiger partial charge in [0.1, 0.15) is 6.54 Å². The van der Waals surface area contributed by atoms with E-state index in [1.165, 1.54) is 4.90 Å². The van der Waals surface area contributed by atoms with Crippen molar-refractivity contribution >= 4 is 23.2 Å². The number of nitrogens with zero attached hydrogens (tertiary/aromatic N) is 3. The van der Waals surface area contributed by atoms with Crippen molar-refractivity contribution in [3.63, 3.8) is 0 Å². The van der Waals surface area contributed by atoms with E-state index in [9.17, 15) is 9.59 Å². The summed E-state index contributed by atoms with van der Waals surface area (Å²) < 4.78 is 1.74. The van der Waals surface area contributed by atoms with Gasteiger partial charge in [0.05, 0.1) is 29.7 Å². The predicted octanol–water partition coefficient (Wildman–Crippen LogP) is 2.40. The molecule has 2 amide bonds. The number of para-hydroxylation sites is 3. The molecule has 1 aromatic heterocycles. The van der Waals surface area contributed by atoms with Gasteiger partial charge in [-0.05, 0) is 29.8 Å². The number of fused-ring (bicyclic) bond motifs is 1. The van der Waals surface area contributed by atoms with Crippen LogP contribution in [0.15, 0.2) is 67.0 Å². The number of benzene rings is 2. The van der Waals surface area contributed by atoms with Gasteiger partial charge in [-0.25, -0.2) is 4.68 Å². The highest BCUT2D eigenvalue weighted by molar-refractivity contribution is 6.10. The average molecular weight is 332 g/mol. The molecule has 25 heavy (non-hydrogen) atoms. The summed E-state index contributed by atoms with van der Waals surface area (Å²) in [6.45, 7) is 0.0304. The molecular weight excluding hydrogens is 316 g/mol. The van der Waals surface area contributed by atoms with Crippen LogP contribution in [0.1, 0.15) is 5.56 Å². The summed E-state index contributed by atoms with van der Waals surface area (Å²) in [5.74, 6) is -0.318. The molecule has 0 saturated heterocycles. The van der Waals surface area contributed by atoms with E-state index in [1.807, 2.05) is 54.7 Å². The van der Waals surface area contributed by atoms with Crippen LogP contribution in [-0.2, 0) is 16.0 Å². The number of aromatic nitrogens is 2. The molecule has 1 aliphatic rings. The minimum absolute atomic E-state index is 0.0304. The second-order valence-corrected chi connectivity index (χ2v) is 5.85. The van der Waals surface area contributed by atoms with Crippen LogP contribution in [0.2, 0.25) is 0 Å². The first kappa shape index (κ1) is 15.1. The van der Waals surface area contributed by atoms with Gasteiger partial charge >= 0.3 is 0 Å². The van der Waals surface area contributed by atoms with Crippen molar-refractivity contribution in [1.29, 1.82) is 0 Å². The van der Waals surface area contributed by atoms with Gasteiger partial charge in [-0.15, -0.1) is 0 Å². The van der Waals surface area contributed by atoms with Crippen molar-refractivity contribution < 1.29 is 9.59 Å². The molecule has 124 valence electrons. The molecule has 0 saturated carbocycles. The van der Waals surface area contributed by atoms with Crippen molar-refractivity contribution in [1.82, 2.24) is 9.78 Å². The van der Waals surface area contributed by atoms with Crippen LogP contribution in [-0.4, -0.2) is 28.1 Å². The quantitative estimate of drug-likeness (QED) is 0.801. The minimum Gasteiger partial charge on any atom is -0.323 e. The zero-order chi connectivity index (χ0) is 17.2. The van der Waals surface area contributed by atoms with E-state index in [0.717, 1.165) is 16.9 Å². The maximum Gasteiger partial charge on any atom is 0.244 e. The molecule has 2 heterocycles. The Kier molecular flexibility index (Phi) is 3.78. The number of hydrogen-bond donors (Lipinski definition) is 1. The van der Waals surface area contributed by atoms with Gasteiger partial charge in [0, 0.05) is 6.20 Å². The molecule has 2 aromatic carbocycles. The highest BCUT2D eigenvalue weighted by atomic mass is 16.2. The Bertz CT molecular complexity index is 933. The molecule has 4 rings (SSSR count). The maximum absolute atomic E-state index is 12.7. The Labute approximate surface area is 144 Å². The number of amides is 2. The first-order valence-electron chi connectivity index (χ1n) is 7.99. The molecule has 0 fully saturated rings. The van der Waals surface area contributed by atoms with Crippen LogP contribution in [0.4, 0.5) is 11.4 Å². The molecule has 3 aromatic rings. The Morgan fingerprint density at radius 2 is 1.84 bits per heavy atom. The van der Waals surface area contributed by atoms with Crippen molar-refractivity contribution in [2.24, 2.45) is 0 Å². The maximum atomic E-state index is 12.7. The van der Waals surface area contributed by atoms with Crippen molar-refractivity contribution in [3.05, 3.63) is 72.6 Å². The fourth-order valence-electron chi connectivity index (χ4n) is 2.90. The summed E-state index contributed by atoms with van der Waals surface area (Å²) in [7, 11) is 0. The monoisotopic (exact) mass is 332 g/mol. The normalized spacial score (nSPS) is 13.3. The topological polar surface area (TPSA) is 67.2 Å². The molecule has 0 bridgehead atoms. The van der Waals surface area contributed by atoms with E-state index in [1.54, 1.807) is 16.9 Å². The zero-order valence-electron chi connectivity index (χ0n) is 13.4. The number of anilines is 2. The standard InChI is InChI=1S/C19H16N4O2/c24-18-13-22(17-9-5-4-8-16(17)21-18)19(25)10-14-11-20-23(12-14)15-6-2-1-3-7-15/h1-9,11-12H,10,13H2,(H,21,24). The van der Waals surface area contributed by atoms with Crippen LogP contribution >= 0.6 is 0 Å². The molecular formula is C19H16N4O2. The predicted molar refractivity (Wildman–Crippen MR) is 94.7 cm³/mol. The van der Waals surface area contributed by atoms with Crippen LogP contribution < -0.4 is 10.2 Å². The van der Waals surface area contributed by atoms with Gasteiger partial charge in [-0.2, -0.15) is 5.10 Å². The SMILES string of the molecule is O=C1CN(C(=O)Cc2cnn(-c3ccccc3)c2)c2ccccc2N1. The molecule has 0 aliphatic carbocycles. The number of carbonyl (C=O) groups excluding carboxylic acids is 2. The highest BCUT2D eigenvalue weighted by Crippen LogP contribution is 2.29. The van der Waals surface area contributed by atoms with Crippen molar-refractivity contribution in [2.45, 2.75) is 6.42 Å². The third-order valence-corrected chi connectivity index (χ3v) is 4.08. The molecule has 0 unspecified atom stereocenters. The molecule has 0 spiro atoms. The number of carbonyl (C=O) groups is 2. The second kappa shape index (κ2) is 6.24. The minimum atomic E-state index is -0.188. The van der Waals surface area contributed by atoms with E-state index >= 15 is 0 Å². The number of nitrogens with one attached hydrogen (secondary N) is 1. The zero-order valence-corrected chi connectivity index (χ0v) is 13.4. The number of hydrogen-bond acceptors (Lipinski definition) is 3. The summed E-state index contributed by atoms with van der Waals surface area (Å²) in [4.78, 5) is 26.1. The summed E-state index contributed by atoms with van der Waals surface area (Å²) in [6, 6.07) is 17.0. The summed E-state index contributed by atoms with van der Waals surface area (Å²) in [6.07, 6.45) is 3.71. The molecule has 1 N–H and O–H groups in total. The fraction of sp³-hybridized carbons (Fsp3) is 0.105. The lowest BCUT2D eigenvalue weighted by Crippen LogP contribution is -2.42.